The number of amides is 1. The van der Waals surface area contributed by atoms with Crippen LogP contribution in [0.4, 0.5) is 0 Å². The molecule has 1 fully saturated rings. The van der Waals surface area contributed by atoms with Gasteiger partial charge >= 0.3 is 0 Å². The number of furan rings is 1. The molecule has 1 amide bonds. The van der Waals surface area contributed by atoms with Gasteiger partial charge in [0.05, 0.1) is 17.5 Å². The predicted molar refractivity (Wildman–Crippen MR) is 94.6 cm³/mol. The third-order valence-corrected chi connectivity index (χ3v) is 4.81. The number of imidazole rings is 1. The summed E-state index contributed by atoms with van der Waals surface area (Å²) in [6.45, 7) is 7.76. The van der Waals surface area contributed by atoms with Gasteiger partial charge < -0.3 is 13.7 Å². The Bertz CT molecular complexity index is 903. The van der Waals surface area contributed by atoms with Crippen molar-refractivity contribution in [2.24, 2.45) is 0 Å². The molecular weight excluding hydrogens is 316 g/mol. The molecule has 0 spiro atoms. The number of hydrogen-bond donors (Lipinski definition) is 0. The van der Waals surface area contributed by atoms with Gasteiger partial charge in [-0.15, -0.1) is 0 Å². The molecule has 0 saturated carbocycles. The highest BCUT2D eigenvalue weighted by atomic mass is 16.3. The van der Waals surface area contributed by atoms with Gasteiger partial charge in [0.25, 0.3) is 5.91 Å². The number of carbonyl (C=O) groups is 1. The van der Waals surface area contributed by atoms with Crippen molar-refractivity contribution >= 4 is 11.6 Å². The number of fused-ring (bicyclic) bond motifs is 1. The molecule has 4 rings (SSSR count). The van der Waals surface area contributed by atoms with Crippen molar-refractivity contribution < 1.29 is 9.21 Å². The molecule has 0 bridgehead atoms. The molecule has 0 unspecified atom stereocenters. The number of carbonyl (C=O) groups excluding carboxylic acids is 1. The van der Waals surface area contributed by atoms with Gasteiger partial charge in [0.15, 0.2) is 0 Å². The van der Waals surface area contributed by atoms with Crippen LogP contribution in [0, 0.1) is 13.8 Å². The Kier molecular flexibility index (Phi) is 4.05. The molecule has 1 saturated heterocycles. The highest BCUT2D eigenvalue weighted by molar-refractivity contribution is 5.95. The average molecular weight is 338 g/mol. The average Bonchev–Trinajstić information content (AvgIpc) is 3.18. The van der Waals surface area contributed by atoms with E-state index in [-0.39, 0.29) is 5.91 Å². The lowest BCUT2D eigenvalue weighted by Crippen LogP contribution is -2.48. The number of aryl methyl sites for hydroxylation is 2. The summed E-state index contributed by atoms with van der Waals surface area (Å²) >= 11 is 0. The lowest BCUT2D eigenvalue weighted by molar-refractivity contribution is 0.0625. The summed E-state index contributed by atoms with van der Waals surface area (Å²) in [5, 5.41) is 0. The Hall–Kier alpha value is -2.60. The van der Waals surface area contributed by atoms with E-state index < -0.39 is 0 Å². The van der Waals surface area contributed by atoms with Crippen molar-refractivity contribution in [2.45, 2.75) is 20.4 Å². The fraction of sp³-hybridized carbons (Fsp3) is 0.368. The summed E-state index contributed by atoms with van der Waals surface area (Å²) in [6.07, 6.45) is 3.98. The Labute approximate surface area is 146 Å². The Morgan fingerprint density at radius 3 is 2.72 bits per heavy atom. The van der Waals surface area contributed by atoms with Crippen LogP contribution in [-0.2, 0) is 6.54 Å². The highest BCUT2D eigenvalue weighted by Gasteiger charge is 2.25. The second kappa shape index (κ2) is 6.37. The van der Waals surface area contributed by atoms with E-state index in [0.29, 0.717) is 11.3 Å². The third-order valence-electron chi connectivity index (χ3n) is 4.81. The van der Waals surface area contributed by atoms with E-state index in [4.69, 9.17) is 4.42 Å². The number of aromatic nitrogens is 2. The summed E-state index contributed by atoms with van der Waals surface area (Å²) in [7, 11) is 0. The SMILES string of the molecule is Cc1cc(C(=O)N2CCN(Cc3cnc4ccccn34)CC2)c(C)o1. The normalized spacial score (nSPS) is 15.8. The molecule has 130 valence electrons. The molecule has 0 N–H and O–H groups in total. The minimum Gasteiger partial charge on any atom is -0.466 e. The summed E-state index contributed by atoms with van der Waals surface area (Å²) in [6, 6.07) is 7.86. The van der Waals surface area contributed by atoms with Crippen LogP contribution in [0.25, 0.3) is 5.65 Å². The Morgan fingerprint density at radius 2 is 2.00 bits per heavy atom. The number of nitrogens with zero attached hydrogens (tertiary/aromatic N) is 4. The first kappa shape index (κ1) is 15.9. The minimum atomic E-state index is 0.0730. The summed E-state index contributed by atoms with van der Waals surface area (Å²) < 4.78 is 7.61. The van der Waals surface area contributed by atoms with Crippen LogP contribution in [0.2, 0.25) is 0 Å². The van der Waals surface area contributed by atoms with Gasteiger partial charge in [0, 0.05) is 38.9 Å². The van der Waals surface area contributed by atoms with E-state index in [1.807, 2.05) is 55.4 Å². The van der Waals surface area contributed by atoms with Crippen molar-refractivity contribution in [2.75, 3.05) is 26.2 Å². The molecule has 0 radical (unpaired) electrons. The van der Waals surface area contributed by atoms with Crippen LogP contribution in [0.1, 0.15) is 27.6 Å². The first-order valence-electron chi connectivity index (χ1n) is 8.61. The lowest BCUT2D eigenvalue weighted by atomic mass is 10.2. The smallest absolute Gasteiger partial charge is 0.257 e. The van der Waals surface area contributed by atoms with Crippen LogP contribution in [0.3, 0.4) is 0 Å². The zero-order chi connectivity index (χ0) is 17.4. The van der Waals surface area contributed by atoms with Crippen LogP contribution in [0.15, 0.2) is 41.1 Å². The Balaban J connectivity index is 1.40. The van der Waals surface area contributed by atoms with Gasteiger partial charge in [-0.05, 0) is 32.0 Å². The van der Waals surface area contributed by atoms with Gasteiger partial charge in [0.2, 0.25) is 0 Å². The second-order valence-electron chi connectivity index (χ2n) is 6.57. The molecular formula is C19H22N4O2. The van der Waals surface area contributed by atoms with Gasteiger partial charge in [-0.3, -0.25) is 9.69 Å². The van der Waals surface area contributed by atoms with Crippen molar-refractivity contribution in [3.8, 4) is 0 Å². The monoisotopic (exact) mass is 338 g/mol. The molecule has 0 aliphatic carbocycles. The second-order valence-corrected chi connectivity index (χ2v) is 6.57. The van der Waals surface area contributed by atoms with Gasteiger partial charge in [-0.25, -0.2) is 4.98 Å². The number of rotatable bonds is 3. The van der Waals surface area contributed by atoms with Crippen LogP contribution in [-0.4, -0.2) is 51.3 Å². The molecule has 3 aromatic heterocycles. The van der Waals surface area contributed by atoms with Gasteiger partial charge in [-0.1, -0.05) is 6.07 Å². The largest absolute Gasteiger partial charge is 0.466 e. The quantitative estimate of drug-likeness (QED) is 0.736. The number of pyridine rings is 1. The molecule has 4 heterocycles. The van der Waals surface area contributed by atoms with E-state index in [0.717, 1.165) is 44.1 Å². The van der Waals surface area contributed by atoms with Gasteiger partial charge in [-0.2, -0.15) is 0 Å². The standard InChI is InChI=1S/C19H22N4O2/c1-14-11-17(15(2)25-14)19(24)22-9-7-21(8-10-22)13-16-12-20-18-5-3-4-6-23(16)18/h3-6,11-12H,7-10,13H2,1-2H3. The molecule has 1 aliphatic heterocycles. The van der Waals surface area contributed by atoms with E-state index >= 15 is 0 Å². The van der Waals surface area contributed by atoms with Crippen molar-refractivity contribution in [1.82, 2.24) is 19.2 Å². The molecule has 0 aromatic carbocycles. The van der Waals surface area contributed by atoms with Crippen LogP contribution < -0.4 is 0 Å². The van der Waals surface area contributed by atoms with E-state index in [1.165, 1.54) is 5.69 Å². The van der Waals surface area contributed by atoms with Crippen molar-refractivity contribution in [1.29, 1.82) is 0 Å². The maximum atomic E-state index is 12.7. The zero-order valence-corrected chi connectivity index (χ0v) is 14.6. The van der Waals surface area contributed by atoms with E-state index in [2.05, 4.69) is 14.3 Å². The maximum Gasteiger partial charge on any atom is 0.257 e. The molecule has 6 heteroatoms. The minimum absolute atomic E-state index is 0.0730. The summed E-state index contributed by atoms with van der Waals surface area (Å²) in [5.74, 6) is 1.56. The molecule has 0 atom stereocenters. The lowest BCUT2D eigenvalue weighted by Gasteiger charge is -2.34. The van der Waals surface area contributed by atoms with Crippen LogP contribution in [0.5, 0.6) is 0 Å². The third kappa shape index (κ3) is 3.05. The molecule has 1 aliphatic rings. The molecule has 6 nitrogen and oxygen atoms in total. The maximum absolute atomic E-state index is 12.7. The number of hydrogen-bond acceptors (Lipinski definition) is 4. The van der Waals surface area contributed by atoms with E-state index in [9.17, 15) is 4.79 Å². The highest BCUT2D eigenvalue weighted by Crippen LogP contribution is 2.18. The fourth-order valence-corrected chi connectivity index (χ4v) is 3.45. The summed E-state index contributed by atoms with van der Waals surface area (Å²) in [5.41, 5.74) is 2.83. The van der Waals surface area contributed by atoms with Gasteiger partial charge in [0.1, 0.15) is 17.2 Å². The summed E-state index contributed by atoms with van der Waals surface area (Å²) in [4.78, 5) is 21.4. The Morgan fingerprint density at radius 1 is 1.20 bits per heavy atom. The van der Waals surface area contributed by atoms with Crippen LogP contribution >= 0.6 is 0 Å². The number of piperazine rings is 1. The topological polar surface area (TPSA) is 54.0 Å². The van der Waals surface area contributed by atoms with Crippen molar-refractivity contribution in [3.05, 3.63) is 59.4 Å². The first-order chi connectivity index (χ1) is 12.1. The van der Waals surface area contributed by atoms with E-state index in [1.54, 1.807) is 0 Å². The zero-order valence-electron chi connectivity index (χ0n) is 14.6. The first-order valence-corrected chi connectivity index (χ1v) is 8.61. The fourth-order valence-electron chi connectivity index (χ4n) is 3.45. The molecule has 3 aromatic rings. The predicted octanol–water partition coefficient (Wildman–Crippen LogP) is 2.50. The molecule has 25 heavy (non-hydrogen) atoms. The van der Waals surface area contributed by atoms with Crippen molar-refractivity contribution in [3.63, 3.8) is 0 Å².